The van der Waals surface area contributed by atoms with E-state index in [1.54, 1.807) is 60.7 Å². The molecule has 33 heavy (non-hydrogen) atoms. The van der Waals surface area contributed by atoms with Gasteiger partial charge in [0, 0.05) is 11.1 Å². The van der Waals surface area contributed by atoms with E-state index >= 15 is 0 Å². The third-order valence-corrected chi connectivity index (χ3v) is 7.17. The maximum absolute atomic E-state index is 14.1. The first-order valence-electron chi connectivity index (χ1n) is 9.86. The number of aromatic hydroxyl groups is 2. The monoisotopic (exact) mass is 456 g/mol. The molecule has 0 aliphatic carbocycles. The van der Waals surface area contributed by atoms with Gasteiger partial charge in [-0.2, -0.15) is 0 Å². The Hall–Kier alpha value is -4.41. The van der Waals surface area contributed by atoms with Crippen molar-refractivity contribution in [2.45, 2.75) is 9.79 Å². The summed E-state index contributed by atoms with van der Waals surface area (Å²) in [6.45, 7) is 0. The van der Waals surface area contributed by atoms with Crippen molar-refractivity contribution in [1.29, 1.82) is 0 Å². The van der Waals surface area contributed by atoms with E-state index in [4.69, 9.17) is 17.9 Å². The molecular weight excluding hydrogens is 436 g/mol. The number of nitrogen functional groups attached to an aromatic ring is 2. The number of anilines is 2. The molecule has 6 N–H and O–H groups in total. The predicted molar refractivity (Wildman–Crippen MR) is 129 cm³/mol. The van der Waals surface area contributed by atoms with Crippen LogP contribution in [0.4, 0.5) is 11.4 Å². The van der Waals surface area contributed by atoms with Gasteiger partial charge in [-0.3, -0.25) is 0 Å². The number of hydrogen-bond acceptors (Lipinski definition) is 6. The van der Waals surface area contributed by atoms with Crippen molar-refractivity contribution >= 4 is 21.2 Å². The molecule has 0 atom stereocenters. The Balaban J connectivity index is 2.11. The fraction of sp³-hybridized carbons (Fsp3) is 0. The van der Waals surface area contributed by atoms with Crippen LogP contribution in [0.5, 0.6) is 11.5 Å². The summed E-state index contributed by atoms with van der Waals surface area (Å²) in [6, 6.07) is 21.0. The van der Waals surface area contributed by atoms with Gasteiger partial charge in [-0.1, -0.05) is 66.6 Å². The quantitative estimate of drug-likeness (QED) is 0.205. The lowest BCUT2D eigenvalue weighted by Gasteiger charge is -2.19. The van der Waals surface area contributed by atoms with Gasteiger partial charge >= 0.3 is 0 Å². The molecule has 0 aromatic heterocycles. The maximum atomic E-state index is 14.1. The van der Waals surface area contributed by atoms with E-state index in [1.165, 1.54) is 18.2 Å². The fourth-order valence-electron chi connectivity index (χ4n) is 3.73. The Bertz CT molecular complexity index is 1510. The summed E-state index contributed by atoms with van der Waals surface area (Å²) in [7, 11) is -4.29. The molecule has 0 saturated carbocycles. The Labute approximate surface area is 191 Å². The van der Waals surface area contributed by atoms with Crippen molar-refractivity contribution in [2.75, 3.05) is 11.5 Å². The zero-order chi connectivity index (χ0) is 23.8. The highest BCUT2D eigenvalue weighted by Crippen LogP contribution is 2.45. The lowest BCUT2D eigenvalue weighted by molar-refractivity contribution is 0.476. The second-order valence-corrected chi connectivity index (χ2v) is 9.20. The van der Waals surface area contributed by atoms with E-state index in [0.717, 1.165) is 0 Å². The summed E-state index contributed by atoms with van der Waals surface area (Å²) in [5, 5.41) is 20.7. The molecule has 0 spiro atoms. The molecule has 0 unspecified atom stereocenters. The zero-order valence-electron chi connectivity index (χ0n) is 17.4. The van der Waals surface area contributed by atoms with Crippen LogP contribution in [0, 0.1) is 12.3 Å². The van der Waals surface area contributed by atoms with Crippen molar-refractivity contribution in [3.05, 3.63) is 84.4 Å². The van der Waals surface area contributed by atoms with Crippen LogP contribution in [0.1, 0.15) is 5.56 Å². The largest absolute Gasteiger partial charge is 0.506 e. The summed E-state index contributed by atoms with van der Waals surface area (Å²) in [6.07, 6.45) is 5.51. The first kappa shape index (κ1) is 21.8. The minimum absolute atomic E-state index is 0.0567. The van der Waals surface area contributed by atoms with Crippen LogP contribution in [0.15, 0.2) is 88.7 Å². The summed E-state index contributed by atoms with van der Waals surface area (Å²) >= 11 is 0. The molecule has 0 radical (unpaired) electrons. The Morgan fingerprint density at radius 1 is 0.727 bits per heavy atom. The predicted octanol–water partition coefficient (Wildman–Crippen LogP) is 4.41. The smallest absolute Gasteiger partial charge is 0.208 e. The average molecular weight is 457 g/mol. The molecular formula is C26H20N2O4S. The second kappa shape index (κ2) is 8.26. The topological polar surface area (TPSA) is 127 Å². The van der Waals surface area contributed by atoms with Gasteiger partial charge in [-0.15, -0.1) is 6.42 Å². The minimum atomic E-state index is -4.29. The van der Waals surface area contributed by atoms with Crippen molar-refractivity contribution in [1.82, 2.24) is 0 Å². The number of nitrogens with two attached hydrogens (primary N) is 2. The number of terminal acetylenes is 1. The first-order valence-corrected chi connectivity index (χ1v) is 11.3. The standard InChI is InChI=1S/C26H20N2O4S/c1-2-16-15-21(23(25(28)26(16)30)18-11-7-4-8-12-18)33(31,32)20-14-13-19(29)24(27)22(20)17-9-5-3-6-10-17/h1,3-15,29-30H,27-28H2. The molecule has 0 aliphatic heterocycles. The normalized spacial score (nSPS) is 11.1. The molecule has 0 bridgehead atoms. The van der Waals surface area contributed by atoms with Gasteiger partial charge in [0.1, 0.15) is 5.75 Å². The Kier molecular flexibility index (Phi) is 5.46. The third-order valence-electron chi connectivity index (χ3n) is 5.35. The molecule has 4 rings (SSSR count). The Morgan fingerprint density at radius 3 is 1.76 bits per heavy atom. The van der Waals surface area contributed by atoms with Crippen LogP contribution in [0.3, 0.4) is 0 Å². The van der Waals surface area contributed by atoms with Gasteiger partial charge in [0.15, 0.2) is 5.75 Å². The molecule has 164 valence electrons. The number of rotatable bonds is 4. The molecule has 4 aromatic rings. The SMILES string of the molecule is C#Cc1cc(S(=O)(=O)c2ccc(O)c(N)c2-c2ccccc2)c(-c2ccccc2)c(N)c1O. The molecule has 6 nitrogen and oxygen atoms in total. The molecule has 0 aliphatic rings. The van der Waals surface area contributed by atoms with Gasteiger partial charge in [-0.25, -0.2) is 8.42 Å². The Morgan fingerprint density at radius 2 is 1.24 bits per heavy atom. The number of phenolic OH excluding ortho intramolecular Hbond substituents is 2. The van der Waals surface area contributed by atoms with E-state index in [9.17, 15) is 18.6 Å². The highest BCUT2D eigenvalue weighted by Gasteiger charge is 2.30. The first-order chi connectivity index (χ1) is 15.8. The average Bonchev–Trinajstić information content (AvgIpc) is 2.83. The zero-order valence-corrected chi connectivity index (χ0v) is 18.2. The van der Waals surface area contributed by atoms with Gasteiger partial charge in [0.05, 0.1) is 26.7 Å². The number of hydrogen-bond donors (Lipinski definition) is 4. The van der Waals surface area contributed by atoms with Crippen LogP contribution in [-0.2, 0) is 9.84 Å². The molecule has 0 fully saturated rings. The van der Waals surface area contributed by atoms with Crippen molar-refractivity contribution < 1.29 is 18.6 Å². The molecule has 4 aromatic carbocycles. The number of sulfone groups is 1. The van der Waals surface area contributed by atoms with Gasteiger partial charge in [0.25, 0.3) is 0 Å². The molecule has 0 heterocycles. The van der Waals surface area contributed by atoms with Gasteiger partial charge in [0.2, 0.25) is 9.84 Å². The summed E-state index contributed by atoms with van der Waals surface area (Å²) < 4.78 is 28.1. The highest BCUT2D eigenvalue weighted by molar-refractivity contribution is 7.91. The second-order valence-electron chi connectivity index (χ2n) is 7.31. The molecule has 7 heteroatoms. The highest BCUT2D eigenvalue weighted by atomic mass is 32.2. The van der Waals surface area contributed by atoms with E-state index < -0.39 is 9.84 Å². The van der Waals surface area contributed by atoms with Gasteiger partial charge in [-0.05, 0) is 29.3 Å². The lowest BCUT2D eigenvalue weighted by Crippen LogP contribution is -2.10. The van der Waals surface area contributed by atoms with E-state index in [2.05, 4.69) is 5.92 Å². The third kappa shape index (κ3) is 3.63. The maximum Gasteiger partial charge on any atom is 0.208 e. The van der Waals surface area contributed by atoms with Crippen LogP contribution in [0.25, 0.3) is 22.3 Å². The molecule has 0 amide bonds. The summed E-state index contributed by atoms with van der Waals surface area (Å²) in [5.74, 6) is 1.67. The van der Waals surface area contributed by atoms with Crippen LogP contribution >= 0.6 is 0 Å². The fourth-order valence-corrected chi connectivity index (χ4v) is 5.48. The van der Waals surface area contributed by atoms with Crippen molar-refractivity contribution in [3.8, 4) is 46.1 Å². The minimum Gasteiger partial charge on any atom is -0.506 e. The molecule has 0 saturated heterocycles. The lowest BCUT2D eigenvalue weighted by atomic mass is 10.0. The van der Waals surface area contributed by atoms with Gasteiger partial charge < -0.3 is 21.7 Å². The summed E-state index contributed by atoms with van der Waals surface area (Å²) in [5.41, 5.74) is 13.3. The van der Waals surface area contributed by atoms with Crippen LogP contribution < -0.4 is 11.5 Å². The van der Waals surface area contributed by atoms with Crippen LogP contribution in [-0.4, -0.2) is 18.6 Å². The van der Waals surface area contributed by atoms with E-state index in [-0.39, 0.29) is 49.4 Å². The number of phenols is 2. The summed E-state index contributed by atoms with van der Waals surface area (Å²) in [4.78, 5) is -0.312. The van der Waals surface area contributed by atoms with E-state index in [1.807, 2.05) is 0 Å². The number of benzene rings is 4. The van der Waals surface area contributed by atoms with Crippen molar-refractivity contribution in [2.24, 2.45) is 0 Å². The van der Waals surface area contributed by atoms with Crippen LogP contribution in [0.2, 0.25) is 0 Å². The van der Waals surface area contributed by atoms with E-state index in [0.29, 0.717) is 11.1 Å². The van der Waals surface area contributed by atoms with Crippen molar-refractivity contribution in [3.63, 3.8) is 0 Å².